The Morgan fingerprint density at radius 1 is 1.28 bits per heavy atom. The third kappa shape index (κ3) is 3.56. The highest BCUT2D eigenvalue weighted by atomic mass is 16.2. The van der Waals surface area contributed by atoms with E-state index in [4.69, 9.17) is 0 Å². The summed E-state index contributed by atoms with van der Waals surface area (Å²) in [6.07, 6.45) is 3.46. The molecule has 2 aromatic carbocycles. The van der Waals surface area contributed by atoms with Crippen LogP contribution in [0, 0.1) is 6.92 Å². The first-order valence-electron chi connectivity index (χ1n) is 9.85. The standard InChI is InChI=1S/C24H25N3O2/c1-4-25-21-13-17(9-8-15(21)2)12-18-6-5-7-19-20(18)14-27(24(19)29)22-10-11-23(28)26-16(22)3/h4-9,13,22,25H,1,3,10-12,14H2,2H3,(H,26,28). The molecule has 5 nitrogen and oxygen atoms in total. The first kappa shape index (κ1) is 19.0. The van der Waals surface area contributed by atoms with Gasteiger partial charge in [0.2, 0.25) is 5.91 Å². The van der Waals surface area contributed by atoms with Crippen LogP contribution in [0.4, 0.5) is 5.69 Å². The molecule has 1 fully saturated rings. The number of carbonyl (C=O) groups excluding carboxylic acids is 2. The van der Waals surface area contributed by atoms with E-state index in [-0.39, 0.29) is 17.9 Å². The number of benzene rings is 2. The molecule has 0 bridgehead atoms. The van der Waals surface area contributed by atoms with E-state index in [9.17, 15) is 9.59 Å². The monoisotopic (exact) mass is 387 g/mol. The number of carbonyl (C=O) groups is 2. The zero-order chi connectivity index (χ0) is 20.5. The molecule has 2 aliphatic rings. The molecule has 2 N–H and O–H groups in total. The summed E-state index contributed by atoms with van der Waals surface area (Å²) in [5.74, 6) is -0.0125. The van der Waals surface area contributed by atoms with Gasteiger partial charge in [0.25, 0.3) is 5.91 Å². The molecular weight excluding hydrogens is 362 g/mol. The van der Waals surface area contributed by atoms with Gasteiger partial charge in [-0.1, -0.05) is 37.4 Å². The second-order valence-electron chi connectivity index (χ2n) is 7.68. The van der Waals surface area contributed by atoms with E-state index < -0.39 is 0 Å². The SMILES string of the molecule is C=CNc1cc(Cc2cccc3c2CN(C2CCC(=O)NC2=C)C3=O)ccc1C. The van der Waals surface area contributed by atoms with Crippen LogP contribution in [0.1, 0.15) is 45.5 Å². The van der Waals surface area contributed by atoms with E-state index in [0.29, 0.717) is 25.1 Å². The minimum Gasteiger partial charge on any atom is -0.362 e. The average Bonchev–Trinajstić information content (AvgIpc) is 3.02. The van der Waals surface area contributed by atoms with Crippen molar-refractivity contribution >= 4 is 17.5 Å². The van der Waals surface area contributed by atoms with Crippen LogP contribution in [0.2, 0.25) is 0 Å². The van der Waals surface area contributed by atoms with Gasteiger partial charge in [-0.05, 0) is 60.4 Å². The number of amides is 2. The topological polar surface area (TPSA) is 61.4 Å². The fourth-order valence-electron chi connectivity index (χ4n) is 4.21. The molecule has 29 heavy (non-hydrogen) atoms. The molecule has 2 heterocycles. The highest BCUT2D eigenvalue weighted by Gasteiger charge is 2.37. The molecule has 0 aliphatic carbocycles. The molecule has 1 atom stereocenters. The van der Waals surface area contributed by atoms with E-state index in [1.807, 2.05) is 17.0 Å². The Labute approximate surface area is 171 Å². The first-order chi connectivity index (χ1) is 14.0. The van der Waals surface area contributed by atoms with Crippen molar-refractivity contribution < 1.29 is 9.59 Å². The normalized spacial score (nSPS) is 18.4. The number of nitrogens with zero attached hydrogens (tertiary/aromatic N) is 1. The van der Waals surface area contributed by atoms with Gasteiger partial charge in [0, 0.05) is 29.9 Å². The van der Waals surface area contributed by atoms with Crippen LogP contribution >= 0.6 is 0 Å². The van der Waals surface area contributed by atoms with Crippen LogP contribution < -0.4 is 10.6 Å². The van der Waals surface area contributed by atoms with Crippen LogP contribution in [0.5, 0.6) is 0 Å². The molecule has 2 aromatic rings. The number of rotatable bonds is 5. The Morgan fingerprint density at radius 3 is 2.86 bits per heavy atom. The maximum absolute atomic E-state index is 13.1. The second-order valence-corrected chi connectivity index (χ2v) is 7.68. The van der Waals surface area contributed by atoms with E-state index in [2.05, 4.69) is 55.0 Å². The Hall–Kier alpha value is -3.34. The molecule has 0 aromatic heterocycles. The minimum atomic E-state index is -0.150. The number of hydrogen-bond donors (Lipinski definition) is 2. The van der Waals surface area contributed by atoms with Crippen molar-refractivity contribution in [2.75, 3.05) is 5.32 Å². The number of aryl methyl sites for hydroxylation is 1. The van der Waals surface area contributed by atoms with Gasteiger partial charge in [-0.15, -0.1) is 0 Å². The third-order valence-electron chi connectivity index (χ3n) is 5.77. The van der Waals surface area contributed by atoms with Gasteiger partial charge in [-0.2, -0.15) is 0 Å². The van der Waals surface area contributed by atoms with E-state index in [0.717, 1.165) is 34.4 Å². The van der Waals surface area contributed by atoms with Crippen molar-refractivity contribution in [3.63, 3.8) is 0 Å². The lowest BCUT2D eigenvalue weighted by atomic mass is 9.96. The quantitative estimate of drug-likeness (QED) is 0.818. The molecule has 2 amide bonds. The minimum absolute atomic E-state index is 0.0158. The summed E-state index contributed by atoms with van der Waals surface area (Å²) >= 11 is 0. The van der Waals surface area contributed by atoms with E-state index >= 15 is 0 Å². The van der Waals surface area contributed by atoms with Crippen LogP contribution in [0.3, 0.4) is 0 Å². The summed E-state index contributed by atoms with van der Waals surface area (Å²) in [5, 5.41) is 5.97. The summed E-state index contributed by atoms with van der Waals surface area (Å²) in [6, 6.07) is 12.1. The van der Waals surface area contributed by atoms with Gasteiger partial charge in [-0.25, -0.2) is 0 Å². The number of piperidine rings is 1. The predicted octanol–water partition coefficient (Wildman–Crippen LogP) is 3.89. The van der Waals surface area contributed by atoms with Gasteiger partial charge in [-0.3, -0.25) is 9.59 Å². The van der Waals surface area contributed by atoms with Gasteiger partial charge >= 0.3 is 0 Å². The maximum atomic E-state index is 13.1. The summed E-state index contributed by atoms with van der Waals surface area (Å²) in [5.41, 5.74) is 6.96. The Kier molecular flexibility index (Phi) is 4.97. The first-order valence-corrected chi connectivity index (χ1v) is 9.85. The third-order valence-corrected chi connectivity index (χ3v) is 5.77. The van der Waals surface area contributed by atoms with E-state index in [1.165, 1.54) is 5.56 Å². The number of fused-ring (bicyclic) bond motifs is 1. The highest BCUT2D eigenvalue weighted by Crippen LogP contribution is 2.32. The van der Waals surface area contributed by atoms with Gasteiger partial charge < -0.3 is 15.5 Å². The summed E-state index contributed by atoms with van der Waals surface area (Å²) in [7, 11) is 0. The Bertz CT molecular complexity index is 1020. The molecule has 1 saturated heterocycles. The lowest BCUT2D eigenvalue weighted by molar-refractivity contribution is -0.121. The average molecular weight is 387 g/mol. The Balaban J connectivity index is 1.60. The molecule has 1 unspecified atom stereocenters. The Morgan fingerprint density at radius 2 is 2.10 bits per heavy atom. The smallest absolute Gasteiger partial charge is 0.255 e. The lowest BCUT2D eigenvalue weighted by Gasteiger charge is -2.32. The molecule has 5 heteroatoms. The van der Waals surface area contributed by atoms with E-state index in [1.54, 1.807) is 6.20 Å². The number of anilines is 1. The molecule has 148 valence electrons. The highest BCUT2D eigenvalue weighted by molar-refractivity contribution is 5.99. The largest absolute Gasteiger partial charge is 0.362 e. The zero-order valence-electron chi connectivity index (χ0n) is 16.6. The zero-order valence-corrected chi connectivity index (χ0v) is 16.6. The van der Waals surface area contributed by atoms with Crippen molar-refractivity contribution in [2.24, 2.45) is 0 Å². The van der Waals surface area contributed by atoms with Crippen LogP contribution in [-0.4, -0.2) is 22.8 Å². The fourth-order valence-corrected chi connectivity index (χ4v) is 4.21. The van der Waals surface area contributed by atoms with Crippen LogP contribution in [-0.2, 0) is 17.8 Å². The van der Waals surface area contributed by atoms with Crippen molar-refractivity contribution in [3.05, 3.63) is 89.3 Å². The van der Waals surface area contributed by atoms with Gasteiger partial charge in [0.15, 0.2) is 0 Å². The van der Waals surface area contributed by atoms with Gasteiger partial charge in [0.1, 0.15) is 0 Å². The van der Waals surface area contributed by atoms with Crippen LogP contribution in [0.15, 0.2) is 61.5 Å². The predicted molar refractivity (Wildman–Crippen MR) is 114 cm³/mol. The molecule has 0 radical (unpaired) electrons. The van der Waals surface area contributed by atoms with Crippen molar-refractivity contribution in [3.8, 4) is 0 Å². The summed E-state index contributed by atoms with van der Waals surface area (Å²) < 4.78 is 0. The molecule has 0 saturated carbocycles. The van der Waals surface area contributed by atoms with Crippen molar-refractivity contribution in [1.82, 2.24) is 10.2 Å². The molecular formula is C24H25N3O2. The van der Waals surface area contributed by atoms with Gasteiger partial charge in [0.05, 0.1) is 6.04 Å². The molecule has 0 spiro atoms. The molecule has 2 aliphatic heterocycles. The van der Waals surface area contributed by atoms with Crippen molar-refractivity contribution in [1.29, 1.82) is 0 Å². The van der Waals surface area contributed by atoms with Crippen molar-refractivity contribution in [2.45, 2.75) is 38.8 Å². The maximum Gasteiger partial charge on any atom is 0.255 e. The fraction of sp³-hybridized carbons (Fsp3) is 0.250. The molecule has 4 rings (SSSR count). The number of nitrogens with one attached hydrogen (secondary N) is 2. The lowest BCUT2D eigenvalue weighted by Crippen LogP contribution is -2.45. The summed E-state index contributed by atoms with van der Waals surface area (Å²) in [4.78, 5) is 26.5. The summed E-state index contributed by atoms with van der Waals surface area (Å²) in [6.45, 7) is 10.3. The number of hydrogen-bond acceptors (Lipinski definition) is 3. The second kappa shape index (κ2) is 7.59. The van der Waals surface area contributed by atoms with Crippen LogP contribution in [0.25, 0.3) is 0 Å².